The Bertz CT molecular complexity index is 604. The van der Waals surface area contributed by atoms with Gasteiger partial charge >= 0.3 is 18.0 Å². The van der Waals surface area contributed by atoms with Crippen molar-refractivity contribution in [3.63, 3.8) is 0 Å². The number of aliphatic carboxylic acids is 1. The maximum absolute atomic E-state index is 11.9. The van der Waals surface area contributed by atoms with Crippen molar-refractivity contribution < 1.29 is 29.0 Å². The zero-order valence-corrected chi connectivity index (χ0v) is 15.6. The first-order chi connectivity index (χ1) is 12.3. The lowest BCUT2D eigenvalue weighted by atomic mass is 9.96. The molecular weight excluding hydrogens is 362 g/mol. The maximum Gasteiger partial charge on any atom is 0.410 e. The molecule has 144 valence electrons. The fourth-order valence-corrected chi connectivity index (χ4v) is 2.35. The Morgan fingerprint density at radius 3 is 2.35 bits per heavy atom. The average Bonchev–Trinajstić information content (AvgIpc) is 2.58. The molecule has 2 atom stereocenters. The number of ether oxygens (including phenoxy) is 2. The van der Waals surface area contributed by atoms with Gasteiger partial charge in [-0.2, -0.15) is 0 Å². The summed E-state index contributed by atoms with van der Waals surface area (Å²) in [5.41, 5.74) is 0.735. The van der Waals surface area contributed by atoms with Gasteiger partial charge in [-0.1, -0.05) is 37.6 Å². The van der Waals surface area contributed by atoms with Crippen LogP contribution in [-0.4, -0.2) is 36.0 Å². The molecule has 26 heavy (non-hydrogen) atoms. The van der Waals surface area contributed by atoms with Gasteiger partial charge in [-0.15, -0.1) is 0 Å². The van der Waals surface area contributed by atoms with Crippen LogP contribution in [0.1, 0.15) is 51.0 Å². The number of nitrogens with one attached hydrogen (secondary N) is 1. The van der Waals surface area contributed by atoms with Crippen LogP contribution in [0.5, 0.6) is 0 Å². The van der Waals surface area contributed by atoms with Crippen LogP contribution < -0.4 is 5.32 Å². The summed E-state index contributed by atoms with van der Waals surface area (Å²) in [6.45, 7) is 3.62. The van der Waals surface area contributed by atoms with Gasteiger partial charge in [-0.25, -0.2) is 4.79 Å². The van der Waals surface area contributed by atoms with Crippen LogP contribution >= 0.6 is 11.6 Å². The number of carboxylic acid groups (broad SMARTS) is 1. The molecule has 1 rings (SSSR count). The lowest BCUT2D eigenvalue weighted by molar-refractivity contribution is -0.168. The van der Waals surface area contributed by atoms with E-state index in [2.05, 4.69) is 5.32 Å². The summed E-state index contributed by atoms with van der Waals surface area (Å²) < 4.78 is 10.1. The van der Waals surface area contributed by atoms with Crippen molar-refractivity contribution >= 4 is 29.6 Å². The fourth-order valence-electron chi connectivity index (χ4n) is 2.22. The van der Waals surface area contributed by atoms with Crippen molar-refractivity contribution in [2.45, 2.75) is 51.7 Å². The van der Waals surface area contributed by atoms with Crippen LogP contribution in [0.4, 0.5) is 4.79 Å². The lowest BCUT2D eigenvalue weighted by Crippen LogP contribution is -2.34. The van der Waals surface area contributed by atoms with Crippen LogP contribution in [0.3, 0.4) is 0 Å². The zero-order valence-electron chi connectivity index (χ0n) is 14.9. The Labute approximate surface area is 157 Å². The Morgan fingerprint density at radius 1 is 1.15 bits per heavy atom. The molecule has 1 aromatic carbocycles. The highest BCUT2D eigenvalue weighted by atomic mass is 35.5. The van der Waals surface area contributed by atoms with E-state index in [0.717, 1.165) is 5.56 Å². The number of hydrogen-bond donors (Lipinski definition) is 2. The molecule has 2 N–H and O–H groups in total. The second-order valence-corrected chi connectivity index (χ2v) is 6.15. The van der Waals surface area contributed by atoms with E-state index in [9.17, 15) is 14.4 Å². The molecule has 0 aliphatic carbocycles. The Morgan fingerprint density at radius 2 is 1.81 bits per heavy atom. The third kappa shape index (κ3) is 8.20. The minimum atomic E-state index is -0.986. The summed E-state index contributed by atoms with van der Waals surface area (Å²) in [5.74, 6) is -1.86. The Kier molecular flexibility index (Phi) is 9.51. The average molecular weight is 386 g/mol. The first kappa shape index (κ1) is 21.8. The van der Waals surface area contributed by atoms with Gasteiger partial charge in [0.15, 0.2) is 0 Å². The smallest absolute Gasteiger partial charge is 0.410 e. The van der Waals surface area contributed by atoms with Crippen LogP contribution in [-0.2, 0) is 19.1 Å². The minimum absolute atomic E-state index is 0.0616. The fraction of sp³-hybridized carbons (Fsp3) is 0.500. The number of alkyl carbamates (subject to hydrolysis) is 1. The summed E-state index contributed by atoms with van der Waals surface area (Å²) in [5, 5.41) is 12.1. The first-order valence-electron chi connectivity index (χ1n) is 8.46. The van der Waals surface area contributed by atoms with Crippen LogP contribution in [0.25, 0.3) is 0 Å². The highest BCUT2D eigenvalue weighted by Gasteiger charge is 2.20. The highest BCUT2D eigenvalue weighted by Crippen LogP contribution is 2.21. The topological polar surface area (TPSA) is 102 Å². The number of amides is 1. The monoisotopic (exact) mass is 385 g/mol. The van der Waals surface area contributed by atoms with E-state index in [-0.39, 0.29) is 19.4 Å². The third-order valence-corrected chi connectivity index (χ3v) is 3.80. The van der Waals surface area contributed by atoms with Crippen LogP contribution in [0.2, 0.25) is 5.02 Å². The lowest BCUT2D eigenvalue weighted by Gasteiger charge is -2.19. The second kappa shape index (κ2) is 11.4. The molecular formula is C18H24ClNO6. The van der Waals surface area contributed by atoms with Crippen molar-refractivity contribution in [2.75, 3.05) is 6.54 Å². The van der Waals surface area contributed by atoms with Gasteiger partial charge in [-0.05, 0) is 24.1 Å². The summed E-state index contributed by atoms with van der Waals surface area (Å²) in [6, 6.07) is 6.74. The molecule has 0 bridgehead atoms. The number of carboxylic acids is 1. The molecule has 0 spiro atoms. The van der Waals surface area contributed by atoms with Crippen molar-refractivity contribution in [2.24, 2.45) is 0 Å². The van der Waals surface area contributed by atoms with E-state index in [1.54, 1.807) is 31.2 Å². The molecule has 0 heterocycles. The van der Waals surface area contributed by atoms with Crippen molar-refractivity contribution in [3.05, 3.63) is 34.9 Å². The van der Waals surface area contributed by atoms with E-state index in [1.807, 2.05) is 6.92 Å². The molecule has 0 aliphatic rings. The zero-order chi connectivity index (χ0) is 19.5. The van der Waals surface area contributed by atoms with E-state index in [1.165, 1.54) is 0 Å². The molecule has 1 amide bonds. The predicted molar refractivity (Wildman–Crippen MR) is 96.0 cm³/mol. The molecule has 0 fully saturated rings. The van der Waals surface area contributed by atoms with Crippen molar-refractivity contribution in [1.29, 1.82) is 0 Å². The SMILES string of the molecule is CCCC(=O)OC(CC)OC(=O)NC[C@H](CC(=O)O)c1ccc(Cl)cc1. The minimum Gasteiger partial charge on any atom is -0.481 e. The quantitative estimate of drug-likeness (QED) is 0.470. The number of esters is 1. The van der Waals surface area contributed by atoms with Crippen molar-refractivity contribution in [1.82, 2.24) is 5.32 Å². The van der Waals surface area contributed by atoms with Gasteiger partial charge in [0.25, 0.3) is 0 Å². The normalized spacial score (nSPS) is 12.7. The highest BCUT2D eigenvalue weighted by molar-refractivity contribution is 6.30. The molecule has 0 saturated heterocycles. The molecule has 7 nitrogen and oxygen atoms in total. The number of carbonyl (C=O) groups excluding carboxylic acids is 2. The maximum atomic E-state index is 11.9. The van der Waals surface area contributed by atoms with E-state index < -0.39 is 30.2 Å². The van der Waals surface area contributed by atoms with Crippen LogP contribution in [0, 0.1) is 0 Å². The summed E-state index contributed by atoms with van der Waals surface area (Å²) in [7, 11) is 0. The summed E-state index contributed by atoms with van der Waals surface area (Å²) >= 11 is 5.84. The van der Waals surface area contributed by atoms with Gasteiger partial charge in [-0.3, -0.25) is 9.59 Å². The predicted octanol–water partition coefficient (Wildman–Crippen LogP) is 3.70. The Balaban J connectivity index is 2.60. The molecule has 0 aromatic heterocycles. The summed E-state index contributed by atoms with van der Waals surface area (Å²) in [6.07, 6.45) is -0.700. The number of halogens is 1. The number of carbonyl (C=O) groups is 3. The molecule has 1 unspecified atom stereocenters. The molecule has 1 aromatic rings. The van der Waals surface area contributed by atoms with Gasteiger partial charge in [0.05, 0.1) is 6.42 Å². The number of rotatable bonds is 10. The molecule has 0 saturated carbocycles. The van der Waals surface area contributed by atoms with Gasteiger partial charge < -0.3 is 19.9 Å². The molecule has 0 aliphatic heterocycles. The Hall–Kier alpha value is -2.28. The van der Waals surface area contributed by atoms with E-state index in [0.29, 0.717) is 17.9 Å². The van der Waals surface area contributed by atoms with E-state index in [4.69, 9.17) is 26.2 Å². The standard InChI is InChI=1S/C18H24ClNO6/c1-3-5-16(23)25-17(4-2)26-18(24)20-11-13(10-15(21)22)12-6-8-14(19)9-7-12/h6-9,13,17H,3-5,10-11H2,1-2H3,(H,20,24)(H,21,22)/t13-,17?/m0/s1. The van der Waals surface area contributed by atoms with Gasteiger partial charge in [0, 0.05) is 30.3 Å². The van der Waals surface area contributed by atoms with Crippen molar-refractivity contribution in [3.8, 4) is 0 Å². The summed E-state index contributed by atoms with van der Waals surface area (Å²) in [4.78, 5) is 34.5. The van der Waals surface area contributed by atoms with Gasteiger partial charge in [0.1, 0.15) is 0 Å². The van der Waals surface area contributed by atoms with E-state index >= 15 is 0 Å². The second-order valence-electron chi connectivity index (χ2n) is 5.71. The first-order valence-corrected chi connectivity index (χ1v) is 8.84. The number of hydrogen-bond acceptors (Lipinski definition) is 5. The largest absolute Gasteiger partial charge is 0.481 e. The molecule has 8 heteroatoms. The number of benzene rings is 1. The third-order valence-electron chi connectivity index (χ3n) is 3.54. The van der Waals surface area contributed by atoms with Gasteiger partial charge in [0.2, 0.25) is 6.29 Å². The molecule has 0 radical (unpaired) electrons. The van der Waals surface area contributed by atoms with Crippen LogP contribution in [0.15, 0.2) is 24.3 Å².